The van der Waals surface area contributed by atoms with Crippen molar-refractivity contribution in [3.63, 3.8) is 0 Å². The van der Waals surface area contributed by atoms with Crippen molar-refractivity contribution in [2.45, 2.75) is 59.8 Å². The van der Waals surface area contributed by atoms with Crippen LogP contribution in [0.15, 0.2) is 11.6 Å². The lowest BCUT2D eigenvalue weighted by atomic mass is 9.58. The van der Waals surface area contributed by atoms with Gasteiger partial charge in [-0.3, -0.25) is 0 Å². The van der Waals surface area contributed by atoms with Crippen molar-refractivity contribution in [1.82, 2.24) is 0 Å². The third-order valence-electron chi connectivity index (χ3n) is 5.24. The van der Waals surface area contributed by atoms with Crippen LogP contribution in [0.5, 0.6) is 0 Å². The van der Waals surface area contributed by atoms with E-state index in [9.17, 15) is 0 Å². The maximum Gasteiger partial charge on any atom is -0.00345 e. The number of hydrogen-bond acceptors (Lipinski definition) is 0. The SMILES string of the molecule is CC1=CCC[C@@H](C)[C@]12CCCC2C(C)C. The molecule has 1 saturated carbocycles. The monoisotopic (exact) mass is 206 g/mol. The van der Waals surface area contributed by atoms with Gasteiger partial charge in [0.1, 0.15) is 0 Å². The van der Waals surface area contributed by atoms with Crippen LogP contribution in [0, 0.1) is 23.2 Å². The van der Waals surface area contributed by atoms with Crippen molar-refractivity contribution in [2.75, 3.05) is 0 Å². The predicted molar refractivity (Wildman–Crippen MR) is 66.8 cm³/mol. The van der Waals surface area contributed by atoms with Crippen molar-refractivity contribution >= 4 is 0 Å². The van der Waals surface area contributed by atoms with Crippen LogP contribution in [0.25, 0.3) is 0 Å². The molecule has 15 heavy (non-hydrogen) atoms. The third kappa shape index (κ3) is 1.57. The third-order valence-corrected chi connectivity index (χ3v) is 5.24. The molecule has 2 aliphatic rings. The van der Waals surface area contributed by atoms with Crippen LogP contribution in [0.4, 0.5) is 0 Å². The summed E-state index contributed by atoms with van der Waals surface area (Å²) in [6.07, 6.45) is 9.64. The second kappa shape index (κ2) is 3.96. The van der Waals surface area contributed by atoms with E-state index < -0.39 is 0 Å². The molecule has 86 valence electrons. The molecule has 0 N–H and O–H groups in total. The fourth-order valence-electron chi connectivity index (χ4n) is 4.47. The molecule has 3 atom stereocenters. The highest BCUT2D eigenvalue weighted by atomic mass is 14.5. The Balaban J connectivity index is 2.36. The minimum Gasteiger partial charge on any atom is -0.0850 e. The summed E-state index contributed by atoms with van der Waals surface area (Å²) in [5.41, 5.74) is 2.31. The molecule has 0 amide bonds. The van der Waals surface area contributed by atoms with Crippen molar-refractivity contribution in [2.24, 2.45) is 23.2 Å². The van der Waals surface area contributed by atoms with E-state index in [4.69, 9.17) is 0 Å². The smallest absolute Gasteiger partial charge is 0.00345 e. The lowest BCUT2D eigenvalue weighted by Crippen LogP contribution is -2.38. The fraction of sp³-hybridized carbons (Fsp3) is 0.867. The molecule has 2 aliphatic carbocycles. The minimum absolute atomic E-state index is 0.590. The summed E-state index contributed by atoms with van der Waals surface area (Å²) >= 11 is 0. The molecule has 0 aromatic carbocycles. The lowest BCUT2D eigenvalue weighted by molar-refractivity contribution is 0.107. The van der Waals surface area contributed by atoms with Crippen LogP contribution in [-0.4, -0.2) is 0 Å². The van der Waals surface area contributed by atoms with Gasteiger partial charge in [0.15, 0.2) is 0 Å². The summed E-state index contributed by atoms with van der Waals surface area (Å²) in [4.78, 5) is 0. The average molecular weight is 206 g/mol. The molecule has 0 radical (unpaired) electrons. The zero-order valence-electron chi connectivity index (χ0n) is 10.8. The Bertz CT molecular complexity index is 261. The first-order valence-electron chi connectivity index (χ1n) is 6.76. The molecular weight excluding hydrogens is 180 g/mol. The van der Waals surface area contributed by atoms with Gasteiger partial charge in [-0.2, -0.15) is 0 Å². The largest absolute Gasteiger partial charge is 0.0850 e. The predicted octanol–water partition coefficient (Wildman–Crippen LogP) is 4.81. The highest BCUT2D eigenvalue weighted by Gasteiger charge is 2.49. The van der Waals surface area contributed by atoms with E-state index in [1.165, 1.54) is 32.1 Å². The summed E-state index contributed by atoms with van der Waals surface area (Å²) in [6, 6.07) is 0. The second-order valence-electron chi connectivity index (χ2n) is 6.15. The molecule has 2 rings (SSSR count). The normalized spacial score (nSPS) is 41.3. The van der Waals surface area contributed by atoms with E-state index >= 15 is 0 Å². The van der Waals surface area contributed by atoms with Crippen LogP contribution >= 0.6 is 0 Å². The zero-order valence-corrected chi connectivity index (χ0v) is 10.8. The first-order chi connectivity index (χ1) is 7.09. The van der Waals surface area contributed by atoms with Crippen LogP contribution in [0.1, 0.15) is 59.8 Å². The number of allylic oxidation sites excluding steroid dienone is 2. The van der Waals surface area contributed by atoms with Gasteiger partial charge in [0.05, 0.1) is 0 Å². The first-order valence-corrected chi connectivity index (χ1v) is 6.76. The molecule has 0 aliphatic heterocycles. The highest BCUT2D eigenvalue weighted by Crippen LogP contribution is 2.58. The Morgan fingerprint density at radius 1 is 1.33 bits per heavy atom. The molecule has 0 aromatic rings. The Hall–Kier alpha value is -0.260. The van der Waals surface area contributed by atoms with Gasteiger partial charge in [0, 0.05) is 0 Å². The van der Waals surface area contributed by atoms with Crippen LogP contribution < -0.4 is 0 Å². The average Bonchev–Trinajstić information content (AvgIpc) is 2.60. The molecule has 1 spiro atoms. The maximum atomic E-state index is 2.53. The standard InChI is InChI=1S/C15H26/c1-11(2)14-9-6-10-15(14)12(3)7-5-8-13(15)4/h7,11,13-14H,5-6,8-10H2,1-4H3/t13-,14?,15+/m1/s1. The van der Waals surface area contributed by atoms with Crippen molar-refractivity contribution in [3.05, 3.63) is 11.6 Å². The quantitative estimate of drug-likeness (QED) is 0.540. The van der Waals surface area contributed by atoms with Gasteiger partial charge < -0.3 is 0 Å². The van der Waals surface area contributed by atoms with Crippen LogP contribution in [0.2, 0.25) is 0 Å². The van der Waals surface area contributed by atoms with E-state index in [1.807, 2.05) is 0 Å². The lowest BCUT2D eigenvalue weighted by Gasteiger charge is -2.46. The van der Waals surface area contributed by atoms with Crippen molar-refractivity contribution in [1.29, 1.82) is 0 Å². The zero-order chi connectivity index (χ0) is 11.1. The summed E-state index contributed by atoms with van der Waals surface area (Å²) in [7, 11) is 0. The molecule has 1 unspecified atom stereocenters. The van der Waals surface area contributed by atoms with Gasteiger partial charge in [-0.15, -0.1) is 0 Å². The molecular formula is C15H26. The molecule has 0 bridgehead atoms. The highest BCUT2D eigenvalue weighted by molar-refractivity contribution is 5.21. The summed E-state index contributed by atoms with van der Waals surface area (Å²) in [5.74, 6) is 2.72. The van der Waals surface area contributed by atoms with Crippen molar-refractivity contribution in [3.8, 4) is 0 Å². The van der Waals surface area contributed by atoms with Gasteiger partial charge in [0.2, 0.25) is 0 Å². The van der Waals surface area contributed by atoms with Crippen LogP contribution in [-0.2, 0) is 0 Å². The van der Waals surface area contributed by atoms with E-state index in [2.05, 4.69) is 33.8 Å². The van der Waals surface area contributed by atoms with E-state index in [1.54, 1.807) is 5.57 Å². The molecule has 1 fully saturated rings. The van der Waals surface area contributed by atoms with Gasteiger partial charge in [-0.1, -0.05) is 38.8 Å². The Morgan fingerprint density at radius 3 is 2.67 bits per heavy atom. The van der Waals surface area contributed by atoms with E-state index in [0.717, 1.165) is 17.8 Å². The number of hydrogen-bond donors (Lipinski definition) is 0. The summed E-state index contributed by atoms with van der Waals surface area (Å²) < 4.78 is 0. The maximum absolute atomic E-state index is 2.53. The molecule has 0 heteroatoms. The fourth-order valence-corrected chi connectivity index (χ4v) is 4.47. The van der Waals surface area contributed by atoms with Crippen molar-refractivity contribution < 1.29 is 0 Å². The molecule has 0 nitrogen and oxygen atoms in total. The molecule has 0 aromatic heterocycles. The van der Waals surface area contributed by atoms with E-state index in [-0.39, 0.29) is 0 Å². The topological polar surface area (TPSA) is 0 Å². The minimum atomic E-state index is 0.590. The summed E-state index contributed by atoms with van der Waals surface area (Å²) in [5, 5.41) is 0. The number of rotatable bonds is 1. The van der Waals surface area contributed by atoms with Gasteiger partial charge in [0.25, 0.3) is 0 Å². The van der Waals surface area contributed by atoms with Gasteiger partial charge >= 0.3 is 0 Å². The Labute approximate surface area is 95.1 Å². The Morgan fingerprint density at radius 2 is 2.07 bits per heavy atom. The Kier molecular flexibility index (Phi) is 2.96. The molecule has 0 heterocycles. The first kappa shape index (κ1) is 11.2. The van der Waals surface area contributed by atoms with Gasteiger partial charge in [-0.25, -0.2) is 0 Å². The van der Waals surface area contributed by atoms with Gasteiger partial charge in [-0.05, 0) is 55.8 Å². The van der Waals surface area contributed by atoms with Crippen LogP contribution in [0.3, 0.4) is 0 Å². The second-order valence-corrected chi connectivity index (χ2v) is 6.15. The molecule has 0 saturated heterocycles. The van der Waals surface area contributed by atoms with E-state index in [0.29, 0.717) is 5.41 Å². The summed E-state index contributed by atoms with van der Waals surface area (Å²) in [6.45, 7) is 9.74.